The molecule has 2 aromatic rings. The first-order valence-corrected chi connectivity index (χ1v) is 8.23. The molecule has 0 spiro atoms. The van der Waals surface area contributed by atoms with Gasteiger partial charge in [-0.2, -0.15) is 0 Å². The van der Waals surface area contributed by atoms with Crippen LogP contribution in [0.3, 0.4) is 0 Å². The molecule has 3 nitrogen and oxygen atoms in total. The summed E-state index contributed by atoms with van der Waals surface area (Å²) in [6, 6.07) is 18.6. The zero-order valence-corrected chi connectivity index (χ0v) is 14.7. The Balaban J connectivity index is 1.91. The quantitative estimate of drug-likeness (QED) is 0.784. The van der Waals surface area contributed by atoms with E-state index in [0.29, 0.717) is 17.6 Å². The van der Waals surface area contributed by atoms with E-state index in [1.54, 1.807) is 7.11 Å². The monoisotopic (exact) mass is 328 g/mol. The maximum atomic E-state index is 5.45. The molecule has 0 saturated heterocycles. The predicted octanol–water partition coefficient (Wildman–Crippen LogP) is 4.06. The minimum absolute atomic E-state index is 0.201. The number of methoxy groups -OCH3 is 1. The lowest BCUT2D eigenvalue weighted by atomic mass is 9.96. The van der Waals surface area contributed by atoms with E-state index in [0.717, 1.165) is 11.3 Å². The van der Waals surface area contributed by atoms with Crippen LogP contribution in [-0.2, 0) is 6.54 Å². The van der Waals surface area contributed by atoms with Gasteiger partial charge in [0.15, 0.2) is 5.11 Å². The van der Waals surface area contributed by atoms with Crippen LogP contribution in [0.5, 0.6) is 5.75 Å². The maximum Gasteiger partial charge on any atom is 0.167 e. The maximum absolute atomic E-state index is 5.45. The SMILES string of the molecule is COc1ccc(CNC(=S)N[C@H](c2ccccc2)C(C)C)cc1. The molecule has 0 aromatic heterocycles. The average Bonchev–Trinajstić information content (AvgIpc) is 2.58. The van der Waals surface area contributed by atoms with Crippen molar-refractivity contribution < 1.29 is 4.74 Å². The molecule has 0 unspecified atom stereocenters. The van der Waals surface area contributed by atoms with Crippen molar-refractivity contribution in [2.24, 2.45) is 5.92 Å². The minimum atomic E-state index is 0.201. The van der Waals surface area contributed by atoms with Gasteiger partial charge in [0, 0.05) is 6.54 Å². The van der Waals surface area contributed by atoms with E-state index in [9.17, 15) is 0 Å². The van der Waals surface area contributed by atoms with Crippen molar-refractivity contribution in [1.82, 2.24) is 10.6 Å². The summed E-state index contributed by atoms with van der Waals surface area (Å²) in [7, 11) is 1.67. The van der Waals surface area contributed by atoms with Gasteiger partial charge in [0.1, 0.15) is 5.75 Å². The third kappa shape index (κ3) is 5.25. The van der Waals surface area contributed by atoms with Crippen molar-refractivity contribution in [3.63, 3.8) is 0 Å². The Morgan fingerprint density at radius 3 is 2.26 bits per heavy atom. The fraction of sp³-hybridized carbons (Fsp3) is 0.316. The summed E-state index contributed by atoms with van der Waals surface area (Å²) in [4.78, 5) is 0. The van der Waals surface area contributed by atoms with Gasteiger partial charge in [-0.05, 0) is 41.4 Å². The standard InChI is InChI=1S/C19H24N2OS/c1-14(2)18(16-7-5-4-6-8-16)21-19(23)20-13-15-9-11-17(22-3)12-10-15/h4-12,14,18H,13H2,1-3H3,(H2,20,21,23)/t18-/m0/s1. The number of benzene rings is 2. The van der Waals surface area contributed by atoms with E-state index in [1.165, 1.54) is 5.56 Å². The molecule has 0 amide bonds. The Bertz CT molecular complexity index is 611. The number of ether oxygens (including phenoxy) is 1. The molecule has 0 saturated carbocycles. The van der Waals surface area contributed by atoms with E-state index in [4.69, 9.17) is 17.0 Å². The first kappa shape index (κ1) is 17.3. The molecule has 0 aliphatic carbocycles. The fourth-order valence-corrected chi connectivity index (χ4v) is 2.61. The summed E-state index contributed by atoms with van der Waals surface area (Å²) in [5.41, 5.74) is 2.41. The molecule has 2 N–H and O–H groups in total. The van der Waals surface area contributed by atoms with Crippen LogP contribution in [0.15, 0.2) is 54.6 Å². The van der Waals surface area contributed by atoms with Crippen molar-refractivity contribution in [3.8, 4) is 5.75 Å². The van der Waals surface area contributed by atoms with Gasteiger partial charge in [-0.25, -0.2) is 0 Å². The highest BCUT2D eigenvalue weighted by atomic mass is 32.1. The number of rotatable bonds is 6. The molecule has 0 bridgehead atoms. The Labute approximate surface area is 144 Å². The first-order chi connectivity index (χ1) is 11.1. The summed E-state index contributed by atoms with van der Waals surface area (Å²) in [5, 5.41) is 7.36. The molecule has 2 aromatic carbocycles. The number of hydrogen-bond acceptors (Lipinski definition) is 2. The van der Waals surface area contributed by atoms with Gasteiger partial charge in [0.25, 0.3) is 0 Å². The van der Waals surface area contributed by atoms with E-state index < -0.39 is 0 Å². The summed E-state index contributed by atoms with van der Waals surface area (Å²) >= 11 is 5.45. The van der Waals surface area contributed by atoms with Gasteiger partial charge in [-0.15, -0.1) is 0 Å². The summed E-state index contributed by atoms with van der Waals surface area (Å²) in [6.45, 7) is 5.07. The summed E-state index contributed by atoms with van der Waals surface area (Å²) in [5.74, 6) is 1.30. The van der Waals surface area contributed by atoms with Crippen LogP contribution in [0, 0.1) is 5.92 Å². The van der Waals surface area contributed by atoms with Crippen molar-refractivity contribution in [1.29, 1.82) is 0 Å². The molecule has 0 aliphatic heterocycles. The second-order valence-corrected chi connectivity index (χ2v) is 6.22. The van der Waals surface area contributed by atoms with Crippen LogP contribution >= 0.6 is 12.2 Å². The Hall–Kier alpha value is -2.07. The summed E-state index contributed by atoms with van der Waals surface area (Å²) < 4.78 is 5.16. The lowest BCUT2D eigenvalue weighted by Crippen LogP contribution is -2.39. The van der Waals surface area contributed by atoms with Gasteiger partial charge in [0.2, 0.25) is 0 Å². The second kappa shape index (κ2) is 8.53. The van der Waals surface area contributed by atoms with Crippen LogP contribution in [-0.4, -0.2) is 12.2 Å². The second-order valence-electron chi connectivity index (χ2n) is 5.81. The molecule has 2 rings (SSSR count). The molecular formula is C19H24N2OS. The molecule has 4 heteroatoms. The fourth-order valence-electron chi connectivity index (χ4n) is 2.41. The largest absolute Gasteiger partial charge is 0.497 e. The summed E-state index contributed by atoms with van der Waals surface area (Å²) in [6.07, 6.45) is 0. The number of thiocarbonyl (C=S) groups is 1. The zero-order valence-electron chi connectivity index (χ0n) is 13.9. The normalized spacial score (nSPS) is 11.8. The van der Waals surface area contributed by atoms with E-state index in [1.807, 2.05) is 30.3 Å². The predicted molar refractivity (Wildman–Crippen MR) is 99.6 cm³/mol. The van der Waals surface area contributed by atoms with Crippen molar-refractivity contribution >= 4 is 17.3 Å². The van der Waals surface area contributed by atoms with Crippen molar-refractivity contribution in [2.75, 3.05) is 7.11 Å². The Kier molecular flexibility index (Phi) is 6.41. The van der Waals surface area contributed by atoms with Gasteiger partial charge in [-0.3, -0.25) is 0 Å². The van der Waals surface area contributed by atoms with Gasteiger partial charge < -0.3 is 15.4 Å². The van der Waals surface area contributed by atoms with Gasteiger partial charge in [-0.1, -0.05) is 56.3 Å². The van der Waals surface area contributed by atoms with E-state index in [2.05, 4.69) is 48.7 Å². The number of nitrogens with one attached hydrogen (secondary N) is 2. The Morgan fingerprint density at radius 2 is 1.70 bits per heavy atom. The number of hydrogen-bond donors (Lipinski definition) is 2. The van der Waals surface area contributed by atoms with Crippen LogP contribution < -0.4 is 15.4 Å². The van der Waals surface area contributed by atoms with Crippen LogP contribution in [0.4, 0.5) is 0 Å². The molecule has 0 heterocycles. The molecule has 1 atom stereocenters. The van der Waals surface area contributed by atoms with E-state index >= 15 is 0 Å². The van der Waals surface area contributed by atoms with Gasteiger partial charge >= 0.3 is 0 Å². The van der Waals surface area contributed by atoms with Gasteiger partial charge in [0.05, 0.1) is 13.2 Å². The third-order valence-corrected chi connectivity index (χ3v) is 3.99. The molecule has 0 radical (unpaired) electrons. The first-order valence-electron chi connectivity index (χ1n) is 7.82. The highest BCUT2D eigenvalue weighted by Gasteiger charge is 2.16. The highest BCUT2D eigenvalue weighted by molar-refractivity contribution is 7.80. The third-order valence-electron chi connectivity index (χ3n) is 3.72. The van der Waals surface area contributed by atoms with Crippen molar-refractivity contribution in [3.05, 3.63) is 65.7 Å². The zero-order chi connectivity index (χ0) is 16.7. The minimum Gasteiger partial charge on any atom is -0.497 e. The average molecular weight is 328 g/mol. The topological polar surface area (TPSA) is 33.3 Å². The molecule has 0 fully saturated rings. The van der Waals surface area contributed by atoms with Crippen LogP contribution in [0.1, 0.15) is 31.0 Å². The molecular weight excluding hydrogens is 304 g/mol. The van der Waals surface area contributed by atoms with Crippen molar-refractivity contribution in [2.45, 2.75) is 26.4 Å². The van der Waals surface area contributed by atoms with E-state index in [-0.39, 0.29) is 6.04 Å². The molecule has 23 heavy (non-hydrogen) atoms. The lowest BCUT2D eigenvalue weighted by molar-refractivity contribution is 0.414. The molecule has 122 valence electrons. The molecule has 0 aliphatic rings. The lowest BCUT2D eigenvalue weighted by Gasteiger charge is -2.24. The van der Waals surface area contributed by atoms with Crippen LogP contribution in [0.25, 0.3) is 0 Å². The highest BCUT2D eigenvalue weighted by Crippen LogP contribution is 2.21. The smallest absolute Gasteiger partial charge is 0.167 e. The Morgan fingerprint density at radius 1 is 1.04 bits per heavy atom. The van der Waals surface area contributed by atoms with Crippen LogP contribution in [0.2, 0.25) is 0 Å².